The molecule has 0 spiro atoms. The van der Waals surface area contributed by atoms with Crippen LogP contribution >= 0.6 is 11.3 Å². The van der Waals surface area contributed by atoms with Crippen LogP contribution in [0.25, 0.3) is 16.2 Å². The lowest BCUT2D eigenvalue weighted by Crippen LogP contribution is -2.27. The predicted octanol–water partition coefficient (Wildman–Crippen LogP) is 4.14. The minimum absolute atomic E-state index is 0.295. The topological polar surface area (TPSA) is 69.0 Å². The number of hydrogen-bond donors (Lipinski definition) is 0. The molecule has 0 radical (unpaired) electrons. The van der Waals surface area contributed by atoms with Gasteiger partial charge in [0.2, 0.25) is 4.96 Å². The summed E-state index contributed by atoms with van der Waals surface area (Å²) in [5, 5.41) is 6.62. The lowest BCUT2D eigenvalue weighted by Gasteiger charge is -2.18. The van der Waals surface area contributed by atoms with Crippen molar-refractivity contribution in [1.29, 1.82) is 0 Å². The molecule has 0 saturated carbocycles. The van der Waals surface area contributed by atoms with Crippen molar-refractivity contribution in [3.63, 3.8) is 0 Å². The third kappa shape index (κ3) is 5.40. The van der Waals surface area contributed by atoms with Crippen LogP contribution in [0.5, 0.6) is 11.5 Å². The summed E-state index contributed by atoms with van der Waals surface area (Å²) in [6, 6.07) is 15.6. The number of thiazole rings is 1. The van der Waals surface area contributed by atoms with E-state index in [1.165, 1.54) is 11.3 Å². The predicted molar refractivity (Wildman–Crippen MR) is 132 cm³/mol. The van der Waals surface area contributed by atoms with Gasteiger partial charge < -0.3 is 14.4 Å². The molecule has 8 heteroatoms. The highest BCUT2D eigenvalue weighted by Crippen LogP contribution is 2.26. The average molecular weight is 465 g/mol. The van der Waals surface area contributed by atoms with Gasteiger partial charge in [-0.05, 0) is 55.1 Å². The van der Waals surface area contributed by atoms with Crippen molar-refractivity contribution >= 4 is 16.3 Å². The Morgan fingerprint density at radius 1 is 1.00 bits per heavy atom. The zero-order chi connectivity index (χ0) is 23.2. The molecule has 2 aromatic carbocycles. The van der Waals surface area contributed by atoms with Crippen molar-refractivity contribution in [1.82, 2.24) is 19.5 Å². The Hall–Kier alpha value is -3.23. The number of rotatable bonds is 10. The number of methoxy groups -OCH3 is 1. The molecule has 0 N–H and O–H groups in total. The quantitative estimate of drug-likeness (QED) is 0.351. The van der Waals surface area contributed by atoms with Gasteiger partial charge in [0.25, 0.3) is 5.56 Å². The second-order valence-corrected chi connectivity index (χ2v) is 8.44. The number of likely N-dealkylation sites (N-methyl/N-ethyl adjacent to an activating group) is 1. The molecule has 4 rings (SSSR count). The van der Waals surface area contributed by atoms with Gasteiger partial charge in [-0.25, -0.2) is 4.52 Å². The van der Waals surface area contributed by atoms with E-state index >= 15 is 0 Å². The molecule has 0 unspecified atom stereocenters. The Bertz CT molecular complexity index is 1250. The molecule has 0 fully saturated rings. The fourth-order valence-corrected chi connectivity index (χ4v) is 4.42. The molecule has 2 aromatic heterocycles. The highest BCUT2D eigenvalue weighted by molar-refractivity contribution is 7.15. The van der Waals surface area contributed by atoms with Gasteiger partial charge in [0.05, 0.1) is 12.8 Å². The van der Waals surface area contributed by atoms with Crippen LogP contribution in [0.4, 0.5) is 0 Å². The normalized spacial score (nSPS) is 11.3. The van der Waals surface area contributed by atoms with Gasteiger partial charge in [0.1, 0.15) is 23.8 Å². The van der Waals surface area contributed by atoms with Crippen LogP contribution in [0.3, 0.4) is 0 Å². The van der Waals surface area contributed by atoms with Gasteiger partial charge >= 0.3 is 0 Å². The molecule has 0 aliphatic heterocycles. The first-order valence-corrected chi connectivity index (χ1v) is 11.9. The van der Waals surface area contributed by atoms with Crippen molar-refractivity contribution in [3.05, 3.63) is 75.5 Å². The van der Waals surface area contributed by atoms with Crippen molar-refractivity contribution in [2.24, 2.45) is 0 Å². The van der Waals surface area contributed by atoms with E-state index in [9.17, 15) is 4.79 Å². The summed E-state index contributed by atoms with van der Waals surface area (Å²) in [6.07, 6.45) is 0.410. The number of fused-ring (bicyclic) bond motifs is 1. The monoisotopic (exact) mass is 464 g/mol. The summed E-state index contributed by atoms with van der Waals surface area (Å²) in [4.78, 5) is 19.7. The highest BCUT2D eigenvalue weighted by Gasteiger charge is 2.13. The molecular formula is C25H28N4O3S. The smallest absolute Gasteiger partial charge is 0.296 e. The maximum absolute atomic E-state index is 12.5. The molecule has 172 valence electrons. The van der Waals surface area contributed by atoms with E-state index < -0.39 is 0 Å². The first-order valence-electron chi connectivity index (χ1n) is 11.1. The van der Waals surface area contributed by atoms with Gasteiger partial charge in [0, 0.05) is 23.9 Å². The van der Waals surface area contributed by atoms with Gasteiger partial charge in [-0.2, -0.15) is 10.1 Å². The molecule has 0 atom stereocenters. The summed E-state index contributed by atoms with van der Waals surface area (Å²) >= 11 is 1.41. The van der Waals surface area contributed by atoms with Gasteiger partial charge in [-0.3, -0.25) is 4.79 Å². The summed E-state index contributed by atoms with van der Waals surface area (Å²) < 4.78 is 12.8. The van der Waals surface area contributed by atoms with E-state index in [2.05, 4.69) is 28.8 Å². The Labute approximate surface area is 197 Å². The van der Waals surface area contributed by atoms with Crippen molar-refractivity contribution < 1.29 is 9.47 Å². The molecule has 0 saturated heterocycles. The van der Waals surface area contributed by atoms with Crippen LogP contribution in [-0.4, -0.2) is 52.8 Å². The second-order valence-electron chi connectivity index (χ2n) is 7.60. The number of hydrogen-bond acceptors (Lipinski definition) is 7. The van der Waals surface area contributed by atoms with Crippen LogP contribution in [0.2, 0.25) is 0 Å². The maximum atomic E-state index is 12.5. The summed E-state index contributed by atoms with van der Waals surface area (Å²) in [5.74, 6) is 1.61. The Balaban J connectivity index is 1.53. The minimum Gasteiger partial charge on any atom is -0.497 e. The first kappa shape index (κ1) is 22.9. The molecule has 0 bridgehead atoms. The Morgan fingerprint density at radius 2 is 1.70 bits per heavy atom. The van der Waals surface area contributed by atoms with E-state index in [1.807, 2.05) is 53.9 Å². The van der Waals surface area contributed by atoms with E-state index in [4.69, 9.17) is 9.47 Å². The average Bonchev–Trinajstić information content (AvgIpc) is 3.25. The van der Waals surface area contributed by atoms with Crippen molar-refractivity contribution in [2.45, 2.75) is 20.3 Å². The van der Waals surface area contributed by atoms with Crippen LogP contribution < -0.4 is 15.0 Å². The van der Waals surface area contributed by atoms with E-state index in [-0.39, 0.29) is 5.56 Å². The second kappa shape index (κ2) is 10.6. The molecule has 2 heterocycles. The lowest BCUT2D eigenvalue weighted by molar-refractivity contribution is 0.223. The molecule has 4 aromatic rings. The zero-order valence-corrected chi connectivity index (χ0v) is 20.0. The van der Waals surface area contributed by atoms with Gasteiger partial charge in [-0.15, -0.1) is 11.3 Å². The zero-order valence-electron chi connectivity index (χ0n) is 19.2. The summed E-state index contributed by atoms with van der Waals surface area (Å²) in [6.45, 7) is 7.92. The summed E-state index contributed by atoms with van der Waals surface area (Å²) in [7, 11) is 1.63. The van der Waals surface area contributed by atoms with Crippen molar-refractivity contribution in [2.75, 3.05) is 33.4 Å². The van der Waals surface area contributed by atoms with Crippen LogP contribution in [0.1, 0.15) is 25.1 Å². The highest BCUT2D eigenvalue weighted by atomic mass is 32.1. The van der Waals surface area contributed by atoms with Crippen molar-refractivity contribution in [3.8, 4) is 22.8 Å². The molecule has 7 nitrogen and oxygen atoms in total. The van der Waals surface area contributed by atoms with E-state index in [1.54, 1.807) is 11.6 Å². The lowest BCUT2D eigenvalue weighted by atomic mass is 10.1. The third-order valence-electron chi connectivity index (χ3n) is 5.60. The van der Waals surface area contributed by atoms with Crippen LogP contribution in [0, 0.1) is 0 Å². The van der Waals surface area contributed by atoms with Crippen LogP contribution in [0.15, 0.2) is 58.7 Å². The fourth-order valence-electron chi connectivity index (χ4n) is 3.59. The third-order valence-corrected chi connectivity index (χ3v) is 6.42. The first-order chi connectivity index (χ1) is 16.1. The molecule has 0 aliphatic carbocycles. The number of ether oxygens (including phenoxy) is 2. The largest absolute Gasteiger partial charge is 0.497 e. The maximum Gasteiger partial charge on any atom is 0.296 e. The molecular weight excluding hydrogens is 436 g/mol. The molecule has 0 aliphatic rings. The van der Waals surface area contributed by atoms with Gasteiger partial charge in [-0.1, -0.05) is 26.0 Å². The minimum atomic E-state index is -0.295. The van der Waals surface area contributed by atoms with Crippen LogP contribution in [-0.2, 0) is 6.42 Å². The number of benzene rings is 2. The Morgan fingerprint density at radius 3 is 2.36 bits per heavy atom. The Kier molecular flexibility index (Phi) is 7.36. The molecule has 0 amide bonds. The summed E-state index contributed by atoms with van der Waals surface area (Å²) in [5.41, 5.74) is 2.98. The fraction of sp³-hybridized carbons (Fsp3) is 0.320. The van der Waals surface area contributed by atoms with Gasteiger partial charge in [0.15, 0.2) is 0 Å². The number of nitrogens with zero attached hydrogens (tertiary/aromatic N) is 4. The molecule has 33 heavy (non-hydrogen) atoms. The SMILES string of the molecule is CCN(CC)CCOc1ccc(-c2csc3nc(=O)c(Cc4ccc(OC)cc4)nn23)cc1. The standard InChI is InChI=1S/C25H28N4O3S/c1-4-28(5-2)14-15-32-21-12-8-19(9-13-21)23-17-33-25-26-24(30)22(27-29(23)25)16-18-6-10-20(31-3)11-7-18/h6-13,17H,4-5,14-16H2,1-3H3. The number of aromatic nitrogens is 3. The van der Waals surface area contributed by atoms with E-state index in [0.29, 0.717) is 23.7 Å². The van der Waals surface area contributed by atoms with E-state index in [0.717, 1.165) is 48.0 Å².